The van der Waals surface area contributed by atoms with Crippen LogP contribution in [-0.4, -0.2) is 73.8 Å². The molecule has 0 saturated heterocycles. The van der Waals surface area contributed by atoms with Crippen molar-refractivity contribution >= 4 is 28.7 Å². The molecule has 1 aliphatic carbocycles. The Kier molecular flexibility index (Phi) is 4.42. The van der Waals surface area contributed by atoms with Crippen LogP contribution in [0, 0.1) is 0 Å². The standard InChI is InChI=1S/C13H18N10O2S/c1-2-3-26-13-15-10(14)7-12(16-13)23(22-17-7)6-4-5(8(24)9(6)25)11-18-20-21-19-11/h5-6,8-9,24-25H,2-4H2,1H3,(H2,14,15,16)(H,18,19,20,21)/t5-,6+,8+,9-/m0/s1. The average molecular weight is 378 g/mol. The molecule has 1 fully saturated rings. The molecule has 0 amide bonds. The van der Waals surface area contributed by atoms with E-state index in [1.807, 2.05) is 0 Å². The van der Waals surface area contributed by atoms with Crippen LogP contribution < -0.4 is 5.73 Å². The molecule has 0 aromatic carbocycles. The zero-order valence-electron chi connectivity index (χ0n) is 13.9. The Morgan fingerprint density at radius 3 is 2.85 bits per heavy atom. The molecule has 3 aromatic rings. The van der Waals surface area contributed by atoms with Crippen LogP contribution >= 0.6 is 11.8 Å². The third-order valence-electron chi connectivity index (χ3n) is 4.44. The van der Waals surface area contributed by atoms with Gasteiger partial charge >= 0.3 is 0 Å². The second-order valence-corrected chi connectivity index (χ2v) is 7.19. The van der Waals surface area contributed by atoms with Gasteiger partial charge in [-0.3, -0.25) is 0 Å². The summed E-state index contributed by atoms with van der Waals surface area (Å²) in [7, 11) is 0. The Morgan fingerprint density at radius 1 is 1.27 bits per heavy atom. The van der Waals surface area contributed by atoms with Gasteiger partial charge in [0.2, 0.25) is 0 Å². The van der Waals surface area contributed by atoms with E-state index in [1.54, 1.807) is 0 Å². The first-order chi connectivity index (χ1) is 12.6. The lowest BCUT2D eigenvalue weighted by Crippen LogP contribution is -2.29. The van der Waals surface area contributed by atoms with E-state index in [0.29, 0.717) is 28.6 Å². The van der Waals surface area contributed by atoms with E-state index in [1.165, 1.54) is 16.4 Å². The highest BCUT2D eigenvalue weighted by atomic mass is 32.2. The first kappa shape index (κ1) is 17.1. The van der Waals surface area contributed by atoms with Crippen LogP contribution in [0.15, 0.2) is 5.16 Å². The number of hydrogen-bond donors (Lipinski definition) is 4. The summed E-state index contributed by atoms with van der Waals surface area (Å²) in [6, 6.07) is -0.538. The molecule has 12 nitrogen and oxygen atoms in total. The molecule has 1 saturated carbocycles. The van der Waals surface area contributed by atoms with Crippen molar-refractivity contribution in [2.24, 2.45) is 0 Å². The van der Waals surface area contributed by atoms with Gasteiger partial charge in [-0.05, 0) is 23.3 Å². The molecule has 3 heterocycles. The number of fused-ring (bicyclic) bond motifs is 1. The van der Waals surface area contributed by atoms with E-state index >= 15 is 0 Å². The minimum Gasteiger partial charge on any atom is -0.390 e. The lowest BCUT2D eigenvalue weighted by atomic mass is 10.1. The van der Waals surface area contributed by atoms with Crippen molar-refractivity contribution in [3.05, 3.63) is 5.82 Å². The Morgan fingerprint density at radius 2 is 2.12 bits per heavy atom. The number of nitrogens with two attached hydrogens (primary N) is 1. The molecule has 0 bridgehead atoms. The van der Waals surface area contributed by atoms with Gasteiger partial charge in [-0.1, -0.05) is 23.9 Å². The summed E-state index contributed by atoms with van der Waals surface area (Å²) in [6.45, 7) is 2.06. The van der Waals surface area contributed by atoms with E-state index in [9.17, 15) is 10.2 Å². The number of H-pyrrole nitrogens is 1. The Labute approximate surface area is 151 Å². The third-order valence-corrected chi connectivity index (χ3v) is 5.50. The van der Waals surface area contributed by atoms with Crippen molar-refractivity contribution in [2.45, 2.75) is 49.1 Å². The van der Waals surface area contributed by atoms with Gasteiger partial charge in [0.15, 0.2) is 28.0 Å². The summed E-state index contributed by atoms with van der Waals surface area (Å²) >= 11 is 1.49. The number of aliphatic hydroxyl groups excluding tert-OH is 2. The number of aromatic amines is 1. The number of anilines is 1. The molecule has 0 unspecified atom stereocenters. The van der Waals surface area contributed by atoms with E-state index < -0.39 is 24.2 Å². The fourth-order valence-electron chi connectivity index (χ4n) is 3.16. The number of hydrogen-bond acceptors (Lipinski definition) is 11. The van der Waals surface area contributed by atoms with Gasteiger partial charge < -0.3 is 15.9 Å². The normalized spacial score (nSPS) is 26.0. The smallest absolute Gasteiger partial charge is 0.191 e. The summed E-state index contributed by atoms with van der Waals surface area (Å²) in [5.74, 6) is 1.07. The molecular weight excluding hydrogens is 360 g/mol. The number of nitrogens with one attached hydrogen (secondary N) is 1. The Hall–Kier alpha value is -2.38. The number of tetrazole rings is 1. The highest BCUT2D eigenvalue weighted by molar-refractivity contribution is 7.99. The van der Waals surface area contributed by atoms with Gasteiger partial charge in [0.25, 0.3) is 0 Å². The quantitative estimate of drug-likeness (QED) is 0.325. The zero-order valence-corrected chi connectivity index (χ0v) is 14.7. The number of rotatable bonds is 5. The van der Waals surface area contributed by atoms with Crippen LogP contribution in [-0.2, 0) is 0 Å². The maximum Gasteiger partial charge on any atom is 0.191 e. The van der Waals surface area contributed by atoms with E-state index in [2.05, 4.69) is 47.8 Å². The largest absolute Gasteiger partial charge is 0.390 e. The second-order valence-electron chi connectivity index (χ2n) is 6.12. The first-order valence-corrected chi connectivity index (χ1v) is 9.19. The molecule has 26 heavy (non-hydrogen) atoms. The SMILES string of the molecule is CCCSc1nc(N)c2nnn([C@@H]3C[C@H](c4nnn[nH]4)[C@@H](O)[C@H]3O)c2n1. The molecule has 0 radical (unpaired) electrons. The maximum atomic E-state index is 10.5. The van der Waals surface area contributed by atoms with E-state index in [4.69, 9.17) is 5.73 Å². The highest BCUT2D eigenvalue weighted by Gasteiger charge is 2.46. The molecule has 1 aliphatic rings. The molecule has 0 aliphatic heterocycles. The molecule has 4 rings (SSSR count). The predicted octanol–water partition coefficient (Wildman–Crippen LogP) is -0.731. The summed E-state index contributed by atoms with van der Waals surface area (Å²) in [4.78, 5) is 8.73. The van der Waals surface area contributed by atoms with Crippen molar-refractivity contribution in [2.75, 3.05) is 11.5 Å². The van der Waals surface area contributed by atoms with Gasteiger partial charge in [-0.15, -0.1) is 10.2 Å². The summed E-state index contributed by atoms with van der Waals surface area (Å²) in [5, 5.41) is 43.2. The van der Waals surface area contributed by atoms with Crippen molar-refractivity contribution in [3.63, 3.8) is 0 Å². The maximum absolute atomic E-state index is 10.5. The van der Waals surface area contributed by atoms with Crippen LogP contribution in [0.25, 0.3) is 11.2 Å². The minimum absolute atomic E-state index is 0.240. The van der Waals surface area contributed by atoms with E-state index in [-0.39, 0.29) is 5.82 Å². The fraction of sp³-hybridized carbons (Fsp3) is 0.615. The number of thioether (sulfide) groups is 1. The molecular formula is C13H18N10O2S. The summed E-state index contributed by atoms with van der Waals surface area (Å²) in [5.41, 5.74) is 6.79. The number of aromatic nitrogens is 9. The molecule has 13 heteroatoms. The van der Waals surface area contributed by atoms with Crippen molar-refractivity contribution in [1.82, 2.24) is 45.6 Å². The van der Waals surface area contributed by atoms with Crippen LogP contribution in [0.1, 0.15) is 37.5 Å². The van der Waals surface area contributed by atoms with Gasteiger partial charge in [0, 0.05) is 5.75 Å². The Balaban J connectivity index is 1.71. The van der Waals surface area contributed by atoms with Gasteiger partial charge in [-0.25, -0.2) is 19.7 Å². The fourth-order valence-corrected chi connectivity index (χ4v) is 3.86. The molecule has 3 aromatic heterocycles. The molecule has 138 valence electrons. The van der Waals surface area contributed by atoms with Crippen molar-refractivity contribution in [1.29, 1.82) is 0 Å². The number of aliphatic hydroxyl groups is 2. The lowest BCUT2D eigenvalue weighted by Gasteiger charge is -2.16. The first-order valence-electron chi connectivity index (χ1n) is 8.21. The van der Waals surface area contributed by atoms with Crippen LogP contribution in [0.5, 0.6) is 0 Å². The molecule has 4 atom stereocenters. The lowest BCUT2D eigenvalue weighted by molar-refractivity contribution is 0.0146. The number of nitrogen functional groups attached to an aromatic ring is 1. The van der Waals surface area contributed by atoms with Crippen LogP contribution in [0.4, 0.5) is 5.82 Å². The van der Waals surface area contributed by atoms with Crippen molar-refractivity contribution < 1.29 is 10.2 Å². The Bertz CT molecular complexity index is 900. The molecule has 0 spiro atoms. The summed E-state index contributed by atoms with van der Waals surface area (Å²) < 4.78 is 1.50. The van der Waals surface area contributed by atoms with Crippen LogP contribution in [0.3, 0.4) is 0 Å². The number of nitrogens with zero attached hydrogens (tertiary/aromatic N) is 8. The predicted molar refractivity (Wildman–Crippen MR) is 91.1 cm³/mol. The topological polar surface area (TPSA) is 177 Å². The monoisotopic (exact) mass is 378 g/mol. The van der Waals surface area contributed by atoms with Gasteiger partial charge in [-0.2, -0.15) is 0 Å². The highest BCUT2D eigenvalue weighted by Crippen LogP contribution is 2.40. The van der Waals surface area contributed by atoms with E-state index in [0.717, 1.165) is 12.2 Å². The minimum atomic E-state index is -1.07. The average Bonchev–Trinajstić information content (AvgIpc) is 3.35. The van der Waals surface area contributed by atoms with Crippen LogP contribution in [0.2, 0.25) is 0 Å². The van der Waals surface area contributed by atoms with Gasteiger partial charge in [0.1, 0.15) is 6.10 Å². The van der Waals surface area contributed by atoms with Gasteiger partial charge in [0.05, 0.1) is 18.1 Å². The summed E-state index contributed by atoms with van der Waals surface area (Å²) in [6.07, 6.45) is -0.761. The third kappa shape index (κ3) is 2.77. The zero-order chi connectivity index (χ0) is 18.3. The van der Waals surface area contributed by atoms with Crippen molar-refractivity contribution in [3.8, 4) is 0 Å². The second kappa shape index (κ2) is 6.74. The molecule has 5 N–H and O–H groups in total.